The van der Waals surface area contributed by atoms with Crippen LogP contribution in [0.2, 0.25) is 0 Å². The first kappa shape index (κ1) is 90.2. The number of carbonyl (C=O) groups excluding carboxylic acids is 6. The van der Waals surface area contributed by atoms with E-state index in [1.54, 1.807) is 66.1 Å². The number of aryl methyl sites for hydroxylation is 8. The van der Waals surface area contributed by atoms with E-state index >= 15 is 0 Å². The number of rotatable bonds is 43. The van der Waals surface area contributed by atoms with Gasteiger partial charge in [0.1, 0.15) is 85.9 Å². The van der Waals surface area contributed by atoms with Crippen LogP contribution in [0.4, 0.5) is 0 Å². The van der Waals surface area contributed by atoms with Crippen molar-refractivity contribution in [1.82, 2.24) is 9.78 Å². The molecule has 0 N–H and O–H groups in total. The smallest absolute Gasteiger partial charge is 0.147 e. The molecule has 626 valence electrons. The van der Waals surface area contributed by atoms with Gasteiger partial charge in [-0.3, -0.25) is 33.4 Å². The summed E-state index contributed by atoms with van der Waals surface area (Å²) in [6.07, 6.45) is 17.2. The summed E-state index contributed by atoms with van der Waals surface area (Å²) in [6, 6.07) is 72.7. The summed E-state index contributed by atoms with van der Waals surface area (Å²) in [4.78, 5) is 80.1. The van der Waals surface area contributed by atoms with Crippen molar-refractivity contribution in [1.29, 1.82) is 0 Å². The van der Waals surface area contributed by atoms with Crippen LogP contribution in [0.1, 0.15) is 145 Å². The Balaban J connectivity index is 0.000000185. The third-order valence-corrected chi connectivity index (χ3v) is 22.2. The highest BCUT2D eigenvalue weighted by atomic mass is 35.5. The average Bonchev–Trinajstić information content (AvgIpc) is 1.69. The van der Waals surface area contributed by atoms with Crippen molar-refractivity contribution < 1.29 is 70.4 Å². The van der Waals surface area contributed by atoms with Gasteiger partial charge < -0.3 is 41.7 Å². The van der Waals surface area contributed by atoms with E-state index in [1.165, 1.54) is 11.1 Å². The van der Waals surface area contributed by atoms with E-state index in [0.29, 0.717) is 89.4 Å². The molecule has 0 bridgehead atoms. The van der Waals surface area contributed by atoms with Crippen molar-refractivity contribution in [2.24, 2.45) is 18.4 Å². The van der Waals surface area contributed by atoms with Crippen LogP contribution in [0.15, 0.2) is 256 Å². The molecule has 4 aromatic heterocycles. The molecular formula is C102H111ClN2O15. The predicted molar refractivity (Wildman–Crippen MR) is 473 cm³/mol. The molecule has 18 heteroatoms. The molecule has 0 amide bonds. The monoisotopic (exact) mass is 1640 g/mol. The molecular weight excluding hydrogens is 1530 g/mol. The Bertz CT molecular complexity index is 5090. The maximum absolute atomic E-state index is 14.8. The third kappa shape index (κ3) is 27.2. The van der Waals surface area contributed by atoms with E-state index in [9.17, 15) is 28.8 Å². The van der Waals surface area contributed by atoms with Gasteiger partial charge >= 0.3 is 0 Å². The largest absolute Gasteiger partial charge is 0.497 e. The summed E-state index contributed by atoms with van der Waals surface area (Å²) in [5, 5.41) is 6.95. The van der Waals surface area contributed by atoms with E-state index in [-0.39, 0.29) is 41.1 Å². The minimum atomic E-state index is -1.27. The lowest BCUT2D eigenvalue weighted by molar-refractivity contribution is -0.141. The van der Waals surface area contributed by atoms with Crippen molar-refractivity contribution in [3.05, 3.63) is 305 Å². The molecule has 0 atom stereocenters. The van der Waals surface area contributed by atoms with Crippen molar-refractivity contribution >= 4 is 79.2 Å². The third-order valence-electron chi connectivity index (χ3n) is 21.9. The van der Waals surface area contributed by atoms with Gasteiger partial charge in [-0.05, 0) is 275 Å². The highest BCUT2D eigenvalue weighted by Crippen LogP contribution is 2.39. The van der Waals surface area contributed by atoms with Crippen molar-refractivity contribution in [3.8, 4) is 34.5 Å². The average molecular weight is 1640 g/mol. The highest BCUT2D eigenvalue weighted by Gasteiger charge is 2.45. The molecule has 17 nitrogen and oxygen atoms in total. The van der Waals surface area contributed by atoms with Gasteiger partial charge in [-0.25, -0.2) is 0 Å². The van der Waals surface area contributed by atoms with Crippen molar-refractivity contribution in [3.63, 3.8) is 0 Å². The van der Waals surface area contributed by atoms with E-state index < -0.39 is 11.3 Å². The molecule has 0 fully saturated rings. The zero-order valence-corrected chi connectivity index (χ0v) is 71.1. The Labute approximate surface area is 709 Å². The number of Topliss-reactive ketones (excluding diaryl/α,β-unsaturated/α-hetero) is 6. The van der Waals surface area contributed by atoms with E-state index in [0.717, 1.165) is 169 Å². The van der Waals surface area contributed by atoms with Crippen LogP contribution in [-0.2, 0) is 99.5 Å². The summed E-state index contributed by atoms with van der Waals surface area (Å²) >= 11 is 5.58. The molecule has 0 saturated carbocycles. The van der Waals surface area contributed by atoms with Crippen molar-refractivity contribution in [2.45, 2.75) is 154 Å². The Morgan fingerprint density at radius 1 is 0.383 bits per heavy atom. The summed E-state index contributed by atoms with van der Waals surface area (Å²) in [6.45, 7) is 1.95. The number of furan rings is 3. The van der Waals surface area contributed by atoms with E-state index in [1.807, 2.05) is 238 Å². The number of carbonyl (C=O) groups is 6. The number of alkyl halides is 1. The molecule has 0 unspecified atom stereocenters. The Kier molecular flexibility index (Phi) is 35.3. The lowest BCUT2D eigenvalue weighted by Gasteiger charge is -2.32. The van der Waals surface area contributed by atoms with Gasteiger partial charge in [0.05, 0.1) is 96.5 Å². The molecule has 4 heterocycles. The maximum atomic E-state index is 14.8. The first-order valence-corrected chi connectivity index (χ1v) is 41.8. The van der Waals surface area contributed by atoms with Crippen LogP contribution in [0.25, 0.3) is 32.9 Å². The van der Waals surface area contributed by atoms with Gasteiger partial charge in [-0.2, -0.15) is 5.10 Å². The van der Waals surface area contributed by atoms with Crippen LogP contribution >= 0.6 is 11.6 Å². The van der Waals surface area contributed by atoms with Crippen LogP contribution < -0.4 is 28.4 Å². The summed E-state index contributed by atoms with van der Waals surface area (Å²) in [5.74, 6) is 4.86. The number of hydrogen-bond donors (Lipinski definition) is 0. The van der Waals surface area contributed by atoms with Crippen LogP contribution in [0.3, 0.4) is 0 Å². The number of nitrogens with zero attached hydrogens (tertiary/aromatic N) is 2. The van der Waals surface area contributed by atoms with Gasteiger partial charge in [0.25, 0.3) is 0 Å². The summed E-state index contributed by atoms with van der Waals surface area (Å²) in [5.41, 5.74) is 12.9. The predicted octanol–water partition coefficient (Wildman–Crippen LogP) is 22.0. The zero-order chi connectivity index (χ0) is 85.0. The van der Waals surface area contributed by atoms with Gasteiger partial charge in [-0.1, -0.05) is 103 Å². The fourth-order valence-corrected chi connectivity index (χ4v) is 15.3. The Morgan fingerprint density at radius 2 is 0.708 bits per heavy atom. The summed E-state index contributed by atoms with van der Waals surface area (Å²) < 4.78 is 50.0. The van der Waals surface area contributed by atoms with Crippen LogP contribution in [0, 0.1) is 18.3 Å². The normalized spacial score (nSPS) is 11.1. The number of benzene rings is 9. The van der Waals surface area contributed by atoms with Crippen molar-refractivity contribution in [2.75, 3.05) is 42.7 Å². The van der Waals surface area contributed by atoms with E-state index in [2.05, 4.69) is 5.10 Å². The molecule has 120 heavy (non-hydrogen) atoms. The number of fused-ring (bicyclic) bond motifs is 3. The molecule has 0 spiro atoms. The second-order valence-electron chi connectivity index (χ2n) is 30.3. The SMILES string of the molecule is COc1ccc(CCCC(=O)C(Cc2ccc3occc3c2)C(=O)CCCc2ccc(OC)cc2)cc1.COc1ccc(CCCC(=O)C(Cc2cccc3occc23)(Cc2cccc3occc23)C(=O)CCCc2ccc(OC)cc2)cc1.COc1ccc(CCCC(=O)CC(=O)CCCc2ccc(OC)cc2)cc1.Cc1cc(CCl)n(C)n1. The molecule has 13 rings (SSSR count). The highest BCUT2D eigenvalue weighted by molar-refractivity contribution is 6.17. The fourth-order valence-electron chi connectivity index (χ4n) is 15.1. The maximum Gasteiger partial charge on any atom is 0.147 e. The molecule has 0 saturated heterocycles. The Hall–Kier alpha value is -12.1. The van der Waals surface area contributed by atoms with Crippen LogP contribution in [-0.4, -0.2) is 87.1 Å². The van der Waals surface area contributed by atoms with E-state index in [4.69, 9.17) is 53.3 Å². The second kappa shape index (κ2) is 46.9. The number of aromatic nitrogens is 2. The molecule has 9 aromatic carbocycles. The molecule has 0 aliphatic rings. The first-order chi connectivity index (χ1) is 58.4. The second-order valence-corrected chi connectivity index (χ2v) is 30.5. The number of halogens is 1. The fraction of sp³-hybridized carbons (Fsp3) is 0.324. The topological polar surface area (TPSA) is 215 Å². The number of hydrogen-bond acceptors (Lipinski definition) is 16. The molecule has 0 aliphatic carbocycles. The van der Waals surface area contributed by atoms with Gasteiger partial charge in [0.15, 0.2) is 0 Å². The minimum Gasteiger partial charge on any atom is -0.497 e. The number of ether oxygens (including phenoxy) is 6. The van der Waals surface area contributed by atoms with Gasteiger partial charge in [-0.15, -0.1) is 11.6 Å². The van der Waals surface area contributed by atoms with Gasteiger partial charge in [0, 0.05) is 61.7 Å². The van der Waals surface area contributed by atoms with Gasteiger partial charge in [0.2, 0.25) is 0 Å². The lowest BCUT2D eigenvalue weighted by Crippen LogP contribution is -2.43. The van der Waals surface area contributed by atoms with Crippen LogP contribution in [0.5, 0.6) is 34.5 Å². The minimum absolute atomic E-state index is 0.0234. The molecule has 0 radical (unpaired) electrons. The quantitative estimate of drug-likeness (QED) is 0.0256. The molecule has 13 aromatic rings. The summed E-state index contributed by atoms with van der Waals surface area (Å²) in [7, 11) is 11.8. The first-order valence-electron chi connectivity index (χ1n) is 41.2. The zero-order valence-electron chi connectivity index (χ0n) is 70.3. The Morgan fingerprint density at radius 3 is 1.03 bits per heavy atom. The molecule has 0 aliphatic heterocycles. The lowest BCUT2D eigenvalue weighted by atomic mass is 9.67. The standard InChI is InChI=1S/C41H40O6.C32H34O5.C23H28O4.C6H9ClN2/c1-44-33-19-15-29(16-20-33)7-3-13-39(42)41(27-31-9-5-11-37-35(31)23-25-46-37,28-32-10-6-12-38-36(32)24-26-47-38)40(43)14-4-8-30-17-21-34(45-2)22-18-30;1-35-27-14-9-23(10-15-27)5-3-7-30(33)29(22-25-13-18-32-26(21-25)19-20-37-32)31(34)8-4-6-24-11-16-28(36-2)17-12-24;1-26-22-13-9-18(10-14-22)5-3-7-20(24)17-21(25)8-4-6-19-11-15-23(27-2)16-12-19;1-5-3-6(4-7)9(2)8-5/h5-6,9-12,15-26H,3-4,7-8,13-14,27-28H2,1-2H3;9-21,29H,3-8,22H2,1-2H3;9-16H,3-8,17H2,1-2H3;3H,4H2,1-2H3. The number of methoxy groups -OCH3 is 6. The number of ketones is 6.